The monoisotopic (exact) mass is 203 g/mol. The van der Waals surface area contributed by atoms with Gasteiger partial charge in [0.2, 0.25) is 0 Å². The molecule has 1 aromatic heterocycles. The van der Waals surface area contributed by atoms with Gasteiger partial charge >= 0.3 is 0 Å². The van der Waals surface area contributed by atoms with E-state index in [1.54, 1.807) is 0 Å². The molecule has 0 aliphatic carbocycles. The molecule has 6 nitrogen and oxygen atoms in total. The molecule has 2 rings (SSSR count). The lowest BCUT2D eigenvalue weighted by atomic mass is 10.7. The zero-order valence-electron chi connectivity index (χ0n) is 6.80. The Hall–Kier alpha value is -0.920. The van der Waals surface area contributed by atoms with Crippen molar-refractivity contribution in [1.29, 1.82) is 0 Å². The number of rotatable bonds is 2. The van der Waals surface area contributed by atoms with E-state index in [0.29, 0.717) is 13.2 Å². The first-order valence-corrected chi connectivity index (χ1v) is 5.22. The number of aromatic amines is 1. The van der Waals surface area contributed by atoms with Crippen LogP contribution in [0.15, 0.2) is 17.3 Å². The van der Waals surface area contributed by atoms with E-state index in [1.807, 2.05) is 0 Å². The summed E-state index contributed by atoms with van der Waals surface area (Å²) in [5, 5.41) is 6.12. The lowest BCUT2D eigenvalue weighted by molar-refractivity contribution is 0.172. The summed E-state index contributed by atoms with van der Waals surface area (Å²) in [4.78, 5) is 0. The van der Waals surface area contributed by atoms with Crippen LogP contribution in [0.1, 0.15) is 0 Å². The maximum atomic E-state index is 11.7. The van der Waals surface area contributed by atoms with Gasteiger partial charge in [0.25, 0.3) is 10.0 Å². The molecule has 13 heavy (non-hydrogen) atoms. The molecule has 7 heteroatoms. The van der Waals surface area contributed by atoms with Gasteiger partial charge in [-0.2, -0.15) is 9.40 Å². The average Bonchev–Trinajstić information content (AvgIpc) is 2.78. The maximum absolute atomic E-state index is 11.7. The van der Waals surface area contributed by atoms with Crippen molar-refractivity contribution < 1.29 is 13.2 Å². The standard InChI is InChI=1S/C6H9N3O3S/c10-13(11,6-1-2-7-8-6)9-3-4-12-5-9/h1-2H,3-5H2,(H,7,8). The van der Waals surface area contributed by atoms with Gasteiger partial charge in [-0.3, -0.25) is 5.10 Å². The Morgan fingerprint density at radius 1 is 1.62 bits per heavy atom. The number of ether oxygens (including phenoxy) is 1. The Morgan fingerprint density at radius 2 is 2.46 bits per heavy atom. The Bertz CT molecular complexity index is 366. The summed E-state index contributed by atoms with van der Waals surface area (Å²) in [7, 11) is -3.41. The Kier molecular flexibility index (Phi) is 2.06. The van der Waals surface area contributed by atoms with Crippen molar-refractivity contribution in [1.82, 2.24) is 14.5 Å². The van der Waals surface area contributed by atoms with E-state index in [1.165, 1.54) is 16.6 Å². The van der Waals surface area contributed by atoms with Gasteiger partial charge < -0.3 is 4.74 Å². The summed E-state index contributed by atoms with van der Waals surface area (Å²) in [6.45, 7) is 0.982. The van der Waals surface area contributed by atoms with Crippen LogP contribution in [0.5, 0.6) is 0 Å². The number of hydrogen-bond donors (Lipinski definition) is 1. The summed E-state index contributed by atoms with van der Waals surface area (Å²) >= 11 is 0. The lowest BCUT2D eigenvalue weighted by Crippen LogP contribution is -2.28. The SMILES string of the molecule is O=S(=O)(c1ccn[nH]1)N1CCOC1. The smallest absolute Gasteiger partial charge is 0.262 e. The second kappa shape index (κ2) is 3.09. The van der Waals surface area contributed by atoms with Gasteiger partial charge in [0.1, 0.15) is 6.73 Å². The normalized spacial score (nSPS) is 19.4. The van der Waals surface area contributed by atoms with Crippen LogP contribution in [-0.2, 0) is 14.8 Å². The summed E-state index contributed by atoms with van der Waals surface area (Å²) in [5.41, 5.74) is 0. The minimum atomic E-state index is -3.41. The third-order valence-corrected chi connectivity index (χ3v) is 3.56. The highest BCUT2D eigenvalue weighted by Gasteiger charge is 2.28. The van der Waals surface area contributed by atoms with Crippen LogP contribution in [0, 0.1) is 0 Å². The molecule has 1 saturated heterocycles. The predicted molar refractivity (Wildman–Crippen MR) is 43.3 cm³/mol. The minimum absolute atomic E-state index is 0.109. The molecule has 1 N–H and O–H groups in total. The van der Waals surface area contributed by atoms with E-state index in [0.717, 1.165) is 0 Å². The number of sulfonamides is 1. The lowest BCUT2D eigenvalue weighted by Gasteiger charge is -2.11. The highest BCUT2D eigenvalue weighted by atomic mass is 32.2. The van der Waals surface area contributed by atoms with Crippen LogP contribution in [0.3, 0.4) is 0 Å². The van der Waals surface area contributed by atoms with Crippen LogP contribution >= 0.6 is 0 Å². The van der Waals surface area contributed by atoms with Gasteiger partial charge in [0.05, 0.1) is 12.8 Å². The molecule has 0 atom stereocenters. The van der Waals surface area contributed by atoms with E-state index in [2.05, 4.69) is 10.2 Å². The second-order valence-electron chi connectivity index (χ2n) is 2.64. The first-order chi connectivity index (χ1) is 6.21. The predicted octanol–water partition coefficient (Wildman–Crippen LogP) is -0.612. The molecule has 2 heterocycles. The highest BCUT2D eigenvalue weighted by molar-refractivity contribution is 7.89. The van der Waals surface area contributed by atoms with E-state index < -0.39 is 10.0 Å². The fourth-order valence-electron chi connectivity index (χ4n) is 1.11. The number of hydrogen-bond acceptors (Lipinski definition) is 4. The van der Waals surface area contributed by atoms with Gasteiger partial charge in [-0.05, 0) is 6.07 Å². The van der Waals surface area contributed by atoms with Crippen molar-refractivity contribution in [3.63, 3.8) is 0 Å². The molecule has 0 aromatic carbocycles. The van der Waals surface area contributed by atoms with Crippen molar-refractivity contribution in [2.45, 2.75) is 5.03 Å². The molecular formula is C6H9N3O3S. The van der Waals surface area contributed by atoms with E-state index >= 15 is 0 Å². The van der Waals surface area contributed by atoms with Gasteiger partial charge in [0, 0.05) is 6.54 Å². The molecule has 1 aliphatic rings. The van der Waals surface area contributed by atoms with Crippen LogP contribution in [0.25, 0.3) is 0 Å². The Balaban J connectivity index is 2.30. The molecule has 0 bridgehead atoms. The zero-order chi connectivity index (χ0) is 9.31. The number of nitrogens with one attached hydrogen (secondary N) is 1. The summed E-state index contributed by atoms with van der Waals surface area (Å²) in [5.74, 6) is 0. The average molecular weight is 203 g/mol. The molecule has 1 aromatic rings. The van der Waals surface area contributed by atoms with E-state index in [9.17, 15) is 8.42 Å². The zero-order valence-corrected chi connectivity index (χ0v) is 7.62. The van der Waals surface area contributed by atoms with Crippen LogP contribution < -0.4 is 0 Å². The molecule has 0 spiro atoms. The molecule has 0 radical (unpaired) electrons. The first-order valence-electron chi connectivity index (χ1n) is 3.78. The minimum Gasteiger partial charge on any atom is -0.364 e. The van der Waals surface area contributed by atoms with Crippen molar-refractivity contribution in [3.8, 4) is 0 Å². The van der Waals surface area contributed by atoms with E-state index in [-0.39, 0.29) is 11.8 Å². The highest BCUT2D eigenvalue weighted by Crippen LogP contribution is 2.14. The quantitative estimate of drug-likeness (QED) is 0.695. The molecule has 72 valence electrons. The fourth-order valence-corrected chi connectivity index (χ4v) is 2.32. The largest absolute Gasteiger partial charge is 0.364 e. The fraction of sp³-hybridized carbons (Fsp3) is 0.500. The van der Waals surface area contributed by atoms with E-state index in [4.69, 9.17) is 4.74 Å². The van der Waals surface area contributed by atoms with Crippen LogP contribution in [0.2, 0.25) is 0 Å². The molecule has 0 saturated carbocycles. The topological polar surface area (TPSA) is 75.3 Å². The van der Waals surface area contributed by atoms with Gasteiger partial charge in [-0.15, -0.1) is 0 Å². The van der Waals surface area contributed by atoms with Crippen molar-refractivity contribution in [2.75, 3.05) is 19.9 Å². The number of H-pyrrole nitrogens is 1. The molecule has 0 amide bonds. The van der Waals surface area contributed by atoms with Gasteiger partial charge in [-0.1, -0.05) is 0 Å². The third-order valence-electron chi connectivity index (χ3n) is 1.81. The van der Waals surface area contributed by atoms with Crippen molar-refractivity contribution in [2.24, 2.45) is 0 Å². The maximum Gasteiger partial charge on any atom is 0.262 e. The third kappa shape index (κ3) is 1.45. The number of nitrogens with zero attached hydrogens (tertiary/aromatic N) is 2. The van der Waals surface area contributed by atoms with Crippen molar-refractivity contribution >= 4 is 10.0 Å². The van der Waals surface area contributed by atoms with Crippen molar-refractivity contribution in [3.05, 3.63) is 12.3 Å². The Morgan fingerprint density at radius 3 is 3.00 bits per heavy atom. The Labute approximate surface area is 75.6 Å². The molecule has 1 aliphatic heterocycles. The van der Waals surface area contributed by atoms with Gasteiger partial charge in [-0.25, -0.2) is 8.42 Å². The molecular weight excluding hydrogens is 194 g/mol. The van der Waals surface area contributed by atoms with Gasteiger partial charge in [0.15, 0.2) is 5.03 Å². The summed E-state index contributed by atoms with van der Waals surface area (Å²) in [6, 6.07) is 1.42. The summed E-state index contributed by atoms with van der Waals surface area (Å²) in [6.07, 6.45) is 1.41. The summed E-state index contributed by atoms with van der Waals surface area (Å²) < 4.78 is 29.6. The molecule has 0 unspecified atom stereocenters. The second-order valence-corrected chi connectivity index (χ2v) is 4.55. The number of aromatic nitrogens is 2. The van der Waals surface area contributed by atoms with Crippen LogP contribution in [0.4, 0.5) is 0 Å². The molecule has 1 fully saturated rings. The van der Waals surface area contributed by atoms with Crippen LogP contribution in [-0.4, -0.2) is 42.8 Å². The first kappa shape index (κ1) is 8.67.